The molecule has 0 aromatic rings. The number of rotatable bonds is 3. The Kier molecular flexibility index (Phi) is 4.98. The molecule has 1 amide bonds. The van der Waals surface area contributed by atoms with E-state index >= 15 is 0 Å². The molecule has 0 aliphatic carbocycles. The number of carbonyl (C=O) groups excluding carboxylic acids is 1. The minimum absolute atomic E-state index is 0.0452. The van der Waals surface area contributed by atoms with Crippen LogP contribution in [-0.2, 0) is 4.79 Å². The molecule has 0 saturated carbocycles. The van der Waals surface area contributed by atoms with Gasteiger partial charge in [-0.25, -0.2) is 0 Å². The van der Waals surface area contributed by atoms with E-state index in [0.717, 1.165) is 12.3 Å². The van der Waals surface area contributed by atoms with Crippen molar-refractivity contribution in [1.82, 2.24) is 5.32 Å². The summed E-state index contributed by atoms with van der Waals surface area (Å²) < 4.78 is 0. The second-order valence-corrected chi connectivity index (χ2v) is 5.66. The van der Waals surface area contributed by atoms with Crippen molar-refractivity contribution in [2.75, 3.05) is 23.8 Å². The lowest BCUT2D eigenvalue weighted by atomic mass is 10.3. The van der Waals surface area contributed by atoms with Crippen molar-refractivity contribution in [2.24, 2.45) is 5.73 Å². The highest BCUT2D eigenvalue weighted by molar-refractivity contribution is 8.06. The molecule has 1 fully saturated rings. The molecule has 1 aliphatic rings. The summed E-state index contributed by atoms with van der Waals surface area (Å²) in [6.07, 6.45) is 0. The number of amides is 1. The molecule has 76 valence electrons. The van der Waals surface area contributed by atoms with Crippen LogP contribution in [0.15, 0.2) is 0 Å². The summed E-state index contributed by atoms with van der Waals surface area (Å²) >= 11 is 3.90. The summed E-state index contributed by atoms with van der Waals surface area (Å²) in [5.74, 6) is 3.53. The average Bonchev–Trinajstić information content (AvgIpc) is 2.15. The van der Waals surface area contributed by atoms with E-state index in [1.165, 1.54) is 11.5 Å². The van der Waals surface area contributed by atoms with Gasteiger partial charge in [-0.05, 0) is 6.92 Å². The first kappa shape index (κ1) is 11.2. The Morgan fingerprint density at radius 1 is 1.69 bits per heavy atom. The lowest BCUT2D eigenvalue weighted by Crippen LogP contribution is -2.42. The van der Waals surface area contributed by atoms with Gasteiger partial charge in [-0.1, -0.05) is 0 Å². The van der Waals surface area contributed by atoms with Crippen LogP contribution in [0.2, 0.25) is 0 Å². The molecule has 1 saturated heterocycles. The maximum absolute atomic E-state index is 11.1. The van der Waals surface area contributed by atoms with Gasteiger partial charge in [-0.3, -0.25) is 4.79 Å². The topological polar surface area (TPSA) is 55.1 Å². The first-order valence-corrected chi connectivity index (χ1v) is 6.63. The molecule has 5 heteroatoms. The summed E-state index contributed by atoms with van der Waals surface area (Å²) in [6.45, 7) is 2.47. The van der Waals surface area contributed by atoms with Crippen LogP contribution in [0.25, 0.3) is 0 Å². The number of thioether (sulfide) groups is 2. The summed E-state index contributed by atoms with van der Waals surface area (Å²) in [6, 6.07) is -0.388. The molecular weight excluding hydrogens is 204 g/mol. The van der Waals surface area contributed by atoms with Crippen LogP contribution in [0.1, 0.15) is 6.92 Å². The fourth-order valence-electron chi connectivity index (χ4n) is 1.03. The normalized spacial score (nSPS) is 25.2. The molecule has 0 radical (unpaired) electrons. The van der Waals surface area contributed by atoms with Crippen molar-refractivity contribution in [3.63, 3.8) is 0 Å². The first-order valence-electron chi connectivity index (χ1n) is 4.43. The van der Waals surface area contributed by atoms with Crippen LogP contribution < -0.4 is 11.1 Å². The van der Waals surface area contributed by atoms with E-state index in [2.05, 4.69) is 5.32 Å². The monoisotopic (exact) mass is 220 g/mol. The maximum atomic E-state index is 11.1. The van der Waals surface area contributed by atoms with Gasteiger partial charge < -0.3 is 11.1 Å². The third kappa shape index (κ3) is 4.24. The molecule has 1 unspecified atom stereocenters. The van der Waals surface area contributed by atoms with Gasteiger partial charge in [0.2, 0.25) is 5.91 Å². The van der Waals surface area contributed by atoms with Gasteiger partial charge in [0, 0.05) is 29.1 Å². The van der Waals surface area contributed by atoms with E-state index in [1.54, 1.807) is 6.92 Å². The minimum atomic E-state index is -0.388. The maximum Gasteiger partial charge on any atom is 0.236 e. The fraction of sp³-hybridized carbons (Fsp3) is 0.875. The van der Waals surface area contributed by atoms with Crippen molar-refractivity contribution in [2.45, 2.75) is 18.2 Å². The highest BCUT2D eigenvalue weighted by Gasteiger charge is 2.15. The Labute approximate surface area is 87.6 Å². The van der Waals surface area contributed by atoms with Gasteiger partial charge in [0.05, 0.1) is 6.04 Å². The number of nitrogens with one attached hydrogen (secondary N) is 1. The zero-order valence-corrected chi connectivity index (χ0v) is 9.42. The predicted molar refractivity (Wildman–Crippen MR) is 60.2 cm³/mol. The molecule has 3 nitrogen and oxygen atoms in total. The average molecular weight is 220 g/mol. The highest BCUT2D eigenvalue weighted by Crippen LogP contribution is 2.23. The van der Waals surface area contributed by atoms with Gasteiger partial charge in [-0.15, -0.1) is 0 Å². The minimum Gasteiger partial charge on any atom is -0.354 e. The van der Waals surface area contributed by atoms with E-state index < -0.39 is 0 Å². The van der Waals surface area contributed by atoms with E-state index in [4.69, 9.17) is 5.73 Å². The second-order valence-electron chi connectivity index (χ2n) is 3.10. The first-order chi connectivity index (χ1) is 6.20. The quantitative estimate of drug-likeness (QED) is 0.718. The van der Waals surface area contributed by atoms with Gasteiger partial charge in [0.1, 0.15) is 0 Å². The van der Waals surface area contributed by atoms with E-state index in [9.17, 15) is 4.79 Å². The molecule has 1 heterocycles. The Morgan fingerprint density at radius 3 is 3.00 bits per heavy atom. The van der Waals surface area contributed by atoms with Crippen molar-refractivity contribution in [3.8, 4) is 0 Å². The van der Waals surface area contributed by atoms with E-state index in [1.807, 2.05) is 23.5 Å². The van der Waals surface area contributed by atoms with Crippen LogP contribution in [0.4, 0.5) is 0 Å². The Balaban J connectivity index is 2.13. The molecule has 2 atom stereocenters. The van der Waals surface area contributed by atoms with E-state index in [-0.39, 0.29) is 11.9 Å². The second kappa shape index (κ2) is 5.78. The van der Waals surface area contributed by atoms with Crippen molar-refractivity contribution < 1.29 is 4.79 Å². The van der Waals surface area contributed by atoms with Gasteiger partial charge in [0.15, 0.2) is 0 Å². The summed E-state index contributed by atoms with van der Waals surface area (Å²) in [4.78, 5) is 11.1. The number of nitrogens with two attached hydrogens (primary N) is 1. The van der Waals surface area contributed by atoms with Crippen molar-refractivity contribution in [3.05, 3.63) is 0 Å². The molecule has 1 aliphatic heterocycles. The van der Waals surface area contributed by atoms with Crippen LogP contribution in [0.3, 0.4) is 0 Å². The summed E-state index contributed by atoms with van der Waals surface area (Å²) in [5.41, 5.74) is 5.43. The molecule has 3 N–H and O–H groups in total. The van der Waals surface area contributed by atoms with Gasteiger partial charge in [0.25, 0.3) is 0 Å². The Bertz CT molecular complexity index is 170. The third-order valence-electron chi connectivity index (χ3n) is 1.80. The third-order valence-corrected chi connectivity index (χ3v) is 4.65. The zero-order valence-electron chi connectivity index (χ0n) is 7.79. The Hall–Kier alpha value is 0.130. The molecule has 0 aromatic carbocycles. The van der Waals surface area contributed by atoms with Crippen molar-refractivity contribution in [1.29, 1.82) is 0 Å². The van der Waals surface area contributed by atoms with E-state index in [0.29, 0.717) is 5.25 Å². The lowest BCUT2D eigenvalue weighted by molar-refractivity contribution is -0.121. The number of carbonyl (C=O) groups is 1. The Morgan fingerprint density at radius 2 is 2.46 bits per heavy atom. The fourth-order valence-corrected chi connectivity index (χ4v) is 3.64. The molecule has 0 spiro atoms. The highest BCUT2D eigenvalue weighted by atomic mass is 32.2. The zero-order chi connectivity index (χ0) is 9.68. The molecular formula is C8H16N2OS2. The standard InChI is InChI=1S/C8H16N2OS2/c1-6(9)8(11)10-4-7-5-12-2-3-13-7/h6-7H,2-5,9H2,1H3,(H,10,11)/t6-,7?/m0/s1. The summed E-state index contributed by atoms with van der Waals surface area (Å²) in [7, 11) is 0. The number of hydrogen-bond donors (Lipinski definition) is 2. The van der Waals surface area contributed by atoms with Gasteiger partial charge >= 0.3 is 0 Å². The van der Waals surface area contributed by atoms with Crippen LogP contribution >= 0.6 is 23.5 Å². The smallest absolute Gasteiger partial charge is 0.236 e. The largest absolute Gasteiger partial charge is 0.354 e. The van der Waals surface area contributed by atoms with Crippen LogP contribution in [0.5, 0.6) is 0 Å². The lowest BCUT2D eigenvalue weighted by Gasteiger charge is -2.21. The molecule has 0 aromatic heterocycles. The molecule has 1 rings (SSSR count). The SMILES string of the molecule is C[C@H](N)C(=O)NCC1CSCCS1. The molecule has 13 heavy (non-hydrogen) atoms. The van der Waals surface area contributed by atoms with Crippen molar-refractivity contribution >= 4 is 29.4 Å². The van der Waals surface area contributed by atoms with Crippen LogP contribution in [0, 0.1) is 0 Å². The van der Waals surface area contributed by atoms with Crippen LogP contribution in [-0.4, -0.2) is 41.0 Å². The predicted octanol–water partition coefficient (Wildman–Crippen LogP) is 0.298. The molecule has 0 bridgehead atoms. The van der Waals surface area contributed by atoms with Gasteiger partial charge in [-0.2, -0.15) is 23.5 Å². The summed E-state index contributed by atoms with van der Waals surface area (Å²) in [5, 5.41) is 3.42. The number of hydrogen-bond acceptors (Lipinski definition) is 4.